The van der Waals surface area contributed by atoms with Gasteiger partial charge in [0.1, 0.15) is 11.1 Å². The van der Waals surface area contributed by atoms with Gasteiger partial charge in [-0.3, -0.25) is 35.1 Å². The van der Waals surface area contributed by atoms with Gasteiger partial charge in [0, 0.05) is 12.1 Å². The quantitative estimate of drug-likeness (QED) is 0.168. The molecule has 3 aromatic rings. The summed E-state index contributed by atoms with van der Waals surface area (Å²) in [6, 6.07) is 10.0. The first-order chi connectivity index (χ1) is 15.1. The number of anilines is 2. The molecule has 0 unspecified atom stereocenters. The first kappa shape index (κ1) is 22.3. The molecule has 3 rings (SSSR count). The Morgan fingerprint density at radius 1 is 0.938 bits per heavy atom. The van der Waals surface area contributed by atoms with Crippen molar-refractivity contribution in [1.82, 2.24) is 0 Å². The topological polar surface area (TPSA) is 201 Å². The molecule has 0 aliphatic heterocycles. The number of hydrogen-bond donors (Lipinski definition) is 4. The van der Waals surface area contributed by atoms with Crippen LogP contribution in [-0.2, 0) is 10.1 Å². The number of aromatic hydroxyl groups is 1. The van der Waals surface area contributed by atoms with Crippen LogP contribution in [0.25, 0.3) is 0 Å². The Balaban J connectivity index is 1.95. The lowest BCUT2D eigenvalue weighted by Crippen LogP contribution is -2.47. The van der Waals surface area contributed by atoms with Crippen LogP contribution in [0.1, 0.15) is 0 Å². The molecule has 164 valence electrons. The lowest BCUT2D eigenvalue weighted by Gasteiger charge is -2.05. The second-order valence-corrected chi connectivity index (χ2v) is 7.59. The number of hydrogen-bond acceptors (Lipinski definition) is 11. The van der Waals surface area contributed by atoms with Crippen molar-refractivity contribution in [2.24, 2.45) is 10.2 Å². The number of nitrogens with one attached hydrogen (secondary N) is 2. The van der Waals surface area contributed by atoms with Gasteiger partial charge in [0.05, 0.1) is 21.2 Å². The fraction of sp³-hybridized carbons (Fsp3) is 0. The van der Waals surface area contributed by atoms with E-state index in [1.807, 2.05) is 0 Å². The van der Waals surface area contributed by atoms with Gasteiger partial charge < -0.3 is 5.11 Å². The van der Waals surface area contributed by atoms with E-state index in [0.717, 1.165) is 30.3 Å². The molecule has 0 bridgehead atoms. The maximum atomic E-state index is 12.5. The van der Waals surface area contributed by atoms with Crippen LogP contribution >= 0.6 is 0 Å². The minimum Gasteiger partial charge on any atom is -0.506 e. The zero-order chi connectivity index (χ0) is 23.5. The maximum absolute atomic E-state index is 12.5. The van der Waals surface area contributed by atoms with Crippen LogP contribution in [0.15, 0.2) is 79.3 Å². The fourth-order valence-corrected chi connectivity index (χ4v) is 2.91. The molecule has 13 nitrogen and oxygen atoms in total. The number of nitro benzene ring substituents is 1. The Hall–Kier alpha value is -4.43. The Labute approximate surface area is 178 Å². The molecule has 4 N–H and O–H groups in total. The van der Waals surface area contributed by atoms with Crippen LogP contribution in [0.2, 0.25) is 0 Å². The summed E-state index contributed by atoms with van der Waals surface area (Å²) in [7, 11) is -4.54. The molecular formula is C18H13N5O8S. The third kappa shape index (κ3) is 5.00. The summed E-state index contributed by atoms with van der Waals surface area (Å²) in [5.74, 6) is -0.418. The van der Waals surface area contributed by atoms with Gasteiger partial charge in [-0.2, -0.15) is 18.6 Å². The third-order valence-corrected chi connectivity index (χ3v) is 4.86. The van der Waals surface area contributed by atoms with Crippen LogP contribution in [0.3, 0.4) is 0 Å². The first-order valence-corrected chi connectivity index (χ1v) is 10.00. The van der Waals surface area contributed by atoms with Crippen molar-refractivity contribution in [3.8, 4) is 5.75 Å². The van der Waals surface area contributed by atoms with Crippen LogP contribution in [-0.4, -0.2) is 23.0 Å². The van der Waals surface area contributed by atoms with Gasteiger partial charge in [0.25, 0.3) is 15.8 Å². The summed E-state index contributed by atoms with van der Waals surface area (Å²) in [5, 5.41) is 27.2. The molecule has 3 aromatic carbocycles. The number of benzene rings is 3. The number of nitrogens with zero attached hydrogens (tertiary/aromatic N) is 3. The first-order valence-electron chi connectivity index (χ1n) is 8.56. The van der Waals surface area contributed by atoms with E-state index in [2.05, 4.69) is 21.1 Å². The van der Waals surface area contributed by atoms with Crippen molar-refractivity contribution in [3.63, 3.8) is 0 Å². The van der Waals surface area contributed by atoms with Crippen LogP contribution in [0.4, 0.5) is 17.1 Å². The van der Waals surface area contributed by atoms with Gasteiger partial charge in [0.2, 0.25) is 10.9 Å². The number of non-ortho nitro benzene ring substituents is 1. The van der Waals surface area contributed by atoms with Crippen molar-refractivity contribution >= 4 is 27.2 Å². The predicted molar refractivity (Wildman–Crippen MR) is 111 cm³/mol. The monoisotopic (exact) mass is 459 g/mol. The van der Waals surface area contributed by atoms with Gasteiger partial charge >= 0.3 is 0 Å². The summed E-state index contributed by atoms with van der Waals surface area (Å²) in [6.07, 6.45) is 0. The van der Waals surface area contributed by atoms with E-state index in [1.165, 1.54) is 24.3 Å². The third-order valence-electron chi connectivity index (χ3n) is 4.01. The van der Waals surface area contributed by atoms with Gasteiger partial charge in [0.15, 0.2) is 5.36 Å². The molecule has 0 aliphatic carbocycles. The van der Waals surface area contributed by atoms with Crippen molar-refractivity contribution < 1.29 is 23.0 Å². The minimum atomic E-state index is -4.54. The molecule has 0 heterocycles. The highest BCUT2D eigenvalue weighted by atomic mass is 32.2. The number of nitro groups is 1. The molecule has 0 amide bonds. The molecule has 0 fully saturated rings. The second kappa shape index (κ2) is 8.75. The van der Waals surface area contributed by atoms with E-state index in [4.69, 9.17) is 4.55 Å². The normalized spacial score (nSPS) is 12.5. The van der Waals surface area contributed by atoms with E-state index in [0.29, 0.717) is 0 Å². The highest BCUT2D eigenvalue weighted by Crippen LogP contribution is 2.26. The van der Waals surface area contributed by atoms with Crippen molar-refractivity contribution in [1.29, 1.82) is 0 Å². The number of phenolic OH excluding ortho intramolecular Hbond substituents is 1. The maximum Gasteiger partial charge on any atom is 0.294 e. The molecule has 0 saturated carbocycles. The van der Waals surface area contributed by atoms with Crippen molar-refractivity contribution in [2.45, 2.75) is 4.90 Å². The van der Waals surface area contributed by atoms with Gasteiger partial charge in [-0.05, 0) is 42.5 Å². The molecular weight excluding hydrogens is 446 g/mol. The molecule has 0 atom stereocenters. The van der Waals surface area contributed by atoms with Crippen molar-refractivity contribution in [2.75, 3.05) is 10.9 Å². The smallest absolute Gasteiger partial charge is 0.294 e. The summed E-state index contributed by atoms with van der Waals surface area (Å²) < 4.78 is 31.5. The second-order valence-electron chi connectivity index (χ2n) is 6.17. The molecule has 0 saturated heterocycles. The summed E-state index contributed by atoms with van der Waals surface area (Å²) in [4.78, 5) is 34.1. The minimum absolute atomic E-state index is 0.155. The van der Waals surface area contributed by atoms with E-state index >= 15 is 0 Å². The molecule has 0 spiro atoms. The molecule has 14 heteroatoms. The van der Waals surface area contributed by atoms with Gasteiger partial charge in [-0.25, -0.2) is 0 Å². The lowest BCUT2D eigenvalue weighted by atomic mass is 10.3. The van der Waals surface area contributed by atoms with E-state index < -0.39 is 41.9 Å². The molecule has 32 heavy (non-hydrogen) atoms. The Kier molecular flexibility index (Phi) is 6.08. The zero-order valence-electron chi connectivity index (χ0n) is 15.8. The van der Waals surface area contributed by atoms with E-state index in [9.17, 15) is 33.2 Å². The largest absolute Gasteiger partial charge is 0.506 e. The summed E-state index contributed by atoms with van der Waals surface area (Å²) >= 11 is 0. The van der Waals surface area contributed by atoms with E-state index in [-0.39, 0.29) is 22.4 Å². The van der Waals surface area contributed by atoms with Crippen LogP contribution < -0.4 is 32.4 Å². The molecule has 0 radical (unpaired) electrons. The van der Waals surface area contributed by atoms with Crippen molar-refractivity contribution in [3.05, 3.63) is 95.9 Å². The number of rotatable bonds is 6. The van der Waals surface area contributed by atoms with E-state index in [1.54, 1.807) is 0 Å². The SMILES string of the molecule is O=c1cc/c(=N/Nc2cc(S(=O)(=O)O)ccc2O)c(=O)/c1=N/Nc1ccc([N+](=O)[O-])cc1. The molecule has 0 aromatic heterocycles. The highest BCUT2D eigenvalue weighted by molar-refractivity contribution is 7.85. The number of phenols is 1. The average molecular weight is 459 g/mol. The Morgan fingerprint density at radius 2 is 1.62 bits per heavy atom. The standard InChI is InChI=1S/C18H13N5O8S/c24-15-7-5-12(32(29,30)31)9-14(15)21-20-13-6-8-16(25)17(18(13)26)22-19-10-1-3-11(4-2-10)23(27)28/h1-9,19,21,24H,(H,29,30,31)/b20-13-,22-17+. The van der Waals surface area contributed by atoms with Crippen LogP contribution in [0.5, 0.6) is 5.75 Å². The zero-order valence-corrected chi connectivity index (χ0v) is 16.6. The lowest BCUT2D eigenvalue weighted by molar-refractivity contribution is -0.384. The van der Waals surface area contributed by atoms with Crippen LogP contribution in [0, 0.1) is 10.1 Å². The fourth-order valence-electron chi connectivity index (χ4n) is 2.40. The molecule has 0 aliphatic rings. The average Bonchev–Trinajstić information content (AvgIpc) is 2.73. The summed E-state index contributed by atoms with van der Waals surface area (Å²) in [5.41, 5.74) is 3.03. The Morgan fingerprint density at radius 3 is 2.25 bits per heavy atom. The predicted octanol–water partition coefficient (Wildman–Crippen LogP) is -0.00130. The van der Waals surface area contributed by atoms with Gasteiger partial charge in [-0.1, -0.05) is 0 Å². The summed E-state index contributed by atoms with van der Waals surface area (Å²) in [6.45, 7) is 0. The Bertz CT molecular complexity index is 1530. The highest BCUT2D eigenvalue weighted by Gasteiger charge is 2.12. The van der Waals surface area contributed by atoms with Gasteiger partial charge in [-0.15, -0.1) is 0 Å².